The SMILES string of the molecule is CCOC(=O)C1C(c2ccccc2)=CC(=O)N1[C@H](C)c1ccc(OC)cc1. The Kier molecular flexibility index (Phi) is 5.60. The van der Waals surface area contributed by atoms with Crippen LogP contribution in [0.5, 0.6) is 5.75 Å². The Labute approximate surface area is 159 Å². The Morgan fingerprint density at radius 3 is 2.37 bits per heavy atom. The van der Waals surface area contributed by atoms with Crippen molar-refractivity contribution in [1.29, 1.82) is 0 Å². The van der Waals surface area contributed by atoms with Gasteiger partial charge in [0.2, 0.25) is 5.91 Å². The molecule has 5 heteroatoms. The Morgan fingerprint density at radius 2 is 1.78 bits per heavy atom. The summed E-state index contributed by atoms with van der Waals surface area (Å²) in [6.07, 6.45) is 1.54. The van der Waals surface area contributed by atoms with E-state index in [1.807, 2.05) is 61.5 Å². The number of carbonyl (C=O) groups is 2. The quantitative estimate of drug-likeness (QED) is 0.734. The molecular formula is C22H23NO4. The van der Waals surface area contributed by atoms with Gasteiger partial charge in [0.1, 0.15) is 5.75 Å². The van der Waals surface area contributed by atoms with Crippen molar-refractivity contribution in [3.8, 4) is 5.75 Å². The molecule has 1 heterocycles. The Morgan fingerprint density at radius 1 is 1.11 bits per heavy atom. The number of esters is 1. The normalized spacial score (nSPS) is 17.4. The maximum absolute atomic E-state index is 12.8. The molecular weight excluding hydrogens is 342 g/mol. The number of hydrogen-bond acceptors (Lipinski definition) is 4. The number of methoxy groups -OCH3 is 1. The van der Waals surface area contributed by atoms with Gasteiger partial charge < -0.3 is 14.4 Å². The molecule has 1 aliphatic rings. The van der Waals surface area contributed by atoms with Crippen LogP contribution >= 0.6 is 0 Å². The fourth-order valence-electron chi connectivity index (χ4n) is 3.35. The van der Waals surface area contributed by atoms with Crippen LogP contribution < -0.4 is 4.74 Å². The van der Waals surface area contributed by atoms with Crippen LogP contribution in [-0.4, -0.2) is 36.5 Å². The van der Waals surface area contributed by atoms with Crippen molar-refractivity contribution >= 4 is 17.4 Å². The molecule has 27 heavy (non-hydrogen) atoms. The fourth-order valence-corrected chi connectivity index (χ4v) is 3.35. The smallest absolute Gasteiger partial charge is 0.333 e. The van der Waals surface area contributed by atoms with Gasteiger partial charge in [-0.15, -0.1) is 0 Å². The number of amides is 1. The summed E-state index contributed by atoms with van der Waals surface area (Å²) in [5.74, 6) is 0.123. The van der Waals surface area contributed by atoms with E-state index in [1.54, 1.807) is 18.9 Å². The lowest BCUT2D eigenvalue weighted by Gasteiger charge is -2.31. The van der Waals surface area contributed by atoms with Gasteiger partial charge in [0, 0.05) is 6.08 Å². The molecule has 3 rings (SSSR count). The standard InChI is InChI=1S/C22H23NO4/c1-4-27-22(25)21-19(17-8-6-5-7-9-17)14-20(24)23(21)15(2)16-10-12-18(26-3)13-11-16/h5-15,21H,4H2,1-3H3/t15-,21?/m1/s1. The van der Waals surface area contributed by atoms with E-state index in [0.29, 0.717) is 5.57 Å². The van der Waals surface area contributed by atoms with Crippen LogP contribution in [0.25, 0.3) is 5.57 Å². The minimum atomic E-state index is -0.767. The molecule has 1 aliphatic heterocycles. The van der Waals surface area contributed by atoms with Gasteiger partial charge in [-0.3, -0.25) is 4.79 Å². The first-order chi connectivity index (χ1) is 13.1. The van der Waals surface area contributed by atoms with E-state index in [-0.39, 0.29) is 18.6 Å². The topological polar surface area (TPSA) is 55.8 Å². The lowest BCUT2D eigenvalue weighted by Crippen LogP contribution is -2.43. The first-order valence-electron chi connectivity index (χ1n) is 8.96. The summed E-state index contributed by atoms with van der Waals surface area (Å²) in [7, 11) is 1.61. The summed E-state index contributed by atoms with van der Waals surface area (Å²) in [6, 6.07) is 15.9. The van der Waals surface area contributed by atoms with Crippen molar-refractivity contribution in [3.63, 3.8) is 0 Å². The number of nitrogens with zero attached hydrogens (tertiary/aromatic N) is 1. The van der Waals surface area contributed by atoms with Crippen LogP contribution in [0.15, 0.2) is 60.7 Å². The van der Waals surface area contributed by atoms with E-state index in [2.05, 4.69) is 0 Å². The van der Waals surface area contributed by atoms with Gasteiger partial charge in [0.25, 0.3) is 0 Å². The zero-order valence-corrected chi connectivity index (χ0v) is 15.7. The third-order valence-corrected chi connectivity index (χ3v) is 4.74. The molecule has 0 radical (unpaired) electrons. The molecule has 5 nitrogen and oxygen atoms in total. The summed E-state index contributed by atoms with van der Waals surface area (Å²) in [5, 5.41) is 0. The minimum Gasteiger partial charge on any atom is -0.497 e. The van der Waals surface area contributed by atoms with E-state index in [0.717, 1.165) is 16.9 Å². The number of rotatable bonds is 6. The van der Waals surface area contributed by atoms with E-state index >= 15 is 0 Å². The molecule has 0 bridgehead atoms. The highest BCUT2D eigenvalue weighted by atomic mass is 16.5. The van der Waals surface area contributed by atoms with Gasteiger partial charge in [-0.25, -0.2) is 4.79 Å². The summed E-state index contributed by atoms with van der Waals surface area (Å²) in [5.41, 5.74) is 2.42. The molecule has 0 saturated heterocycles. The van der Waals surface area contributed by atoms with E-state index < -0.39 is 12.0 Å². The molecule has 0 aliphatic carbocycles. The largest absolute Gasteiger partial charge is 0.497 e. The van der Waals surface area contributed by atoms with Gasteiger partial charge in [0.05, 0.1) is 19.8 Å². The third kappa shape index (κ3) is 3.72. The molecule has 0 spiro atoms. The summed E-state index contributed by atoms with van der Waals surface area (Å²) < 4.78 is 10.5. The van der Waals surface area contributed by atoms with Gasteiger partial charge in [-0.1, -0.05) is 42.5 Å². The van der Waals surface area contributed by atoms with E-state index in [1.165, 1.54) is 6.08 Å². The Bertz CT molecular complexity index is 842. The van der Waals surface area contributed by atoms with Crippen molar-refractivity contribution in [2.24, 2.45) is 0 Å². The molecule has 1 unspecified atom stereocenters. The lowest BCUT2D eigenvalue weighted by atomic mass is 9.98. The van der Waals surface area contributed by atoms with Crippen LogP contribution in [0.2, 0.25) is 0 Å². The Balaban J connectivity index is 1.97. The van der Waals surface area contributed by atoms with Crippen molar-refractivity contribution in [2.75, 3.05) is 13.7 Å². The molecule has 0 fully saturated rings. The van der Waals surface area contributed by atoms with Gasteiger partial charge in [-0.2, -0.15) is 0 Å². The van der Waals surface area contributed by atoms with Crippen LogP contribution in [0, 0.1) is 0 Å². The molecule has 2 aromatic carbocycles. The second-order valence-electron chi connectivity index (χ2n) is 6.31. The zero-order valence-electron chi connectivity index (χ0n) is 15.7. The van der Waals surface area contributed by atoms with Gasteiger partial charge >= 0.3 is 5.97 Å². The molecule has 2 aromatic rings. The molecule has 140 valence electrons. The molecule has 1 amide bonds. The molecule has 2 atom stereocenters. The maximum Gasteiger partial charge on any atom is 0.333 e. The van der Waals surface area contributed by atoms with E-state index in [9.17, 15) is 9.59 Å². The first kappa shape index (κ1) is 18.7. The lowest BCUT2D eigenvalue weighted by molar-refractivity contribution is -0.151. The predicted octanol–water partition coefficient (Wildman–Crippen LogP) is 3.61. The number of benzene rings is 2. The predicted molar refractivity (Wildman–Crippen MR) is 103 cm³/mol. The summed E-state index contributed by atoms with van der Waals surface area (Å²) in [6.45, 7) is 3.93. The third-order valence-electron chi connectivity index (χ3n) is 4.74. The van der Waals surface area contributed by atoms with Gasteiger partial charge in [-0.05, 0) is 42.7 Å². The van der Waals surface area contributed by atoms with Crippen molar-refractivity contribution in [3.05, 3.63) is 71.8 Å². The fraction of sp³-hybridized carbons (Fsp3) is 0.273. The highest BCUT2D eigenvalue weighted by Crippen LogP contribution is 2.36. The zero-order chi connectivity index (χ0) is 19.4. The van der Waals surface area contributed by atoms with Crippen molar-refractivity contribution in [1.82, 2.24) is 4.90 Å². The minimum absolute atomic E-state index is 0.199. The molecule has 0 N–H and O–H groups in total. The highest BCUT2D eigenvalue weighted by molar-refractivity contribution is 6.09. The number of carbonyl (C=O) groups excluding carboxylic acids is 2. The number of ether oxygens (including phenoxy) is 2. The highest BCUT2D eigenvalue weighted by Gasteiger charge is 2.42. The maximum atomic E-state index is 12.8. The molecule has 0 saturated carbocycles. The van der Waals surface area contributed by atoms with Crippen LogP contribution in [0.1, 0.15) is 31.0 Å². The van der Waals surface area contributed by atoms with Crippen molar-refractivity contribution in [2.45, 2.75) is 25.9 Å². The average molecular weight is 365 g/mol. The number of hydrogen-bond donors (Lipinski definition) is 0. The summed E-state index contributed by atoms with van der Waals surface area (Å²) in [4.78, 5) is 27.2. The average Bonchev–Trinajstić information content (AvgIpc) is 3.05. The van der Waals surface area contributed by atoms with Crippen LogP contribution in [0.4, 0.5) is 0 Å². The summed E-state index contributed by atoms with van der Waals surface area (Å²) >= 11 is 0. The second kappa shape index (κ2) is 8.08. The van der Waals surface area contributed by atoms with E-state index in [4.69, 9.17) is 9.47 Å². The van der Waals surface area contributed by atoms with Crippen LogP contribution in [-0.2, 0) is 14.3 Å². The molecule has 0 aromatic heterocycles. The van der Waals surface area contributed by atoms with Crippen molar-refractivity contribution < 1.29 is 19.1 Å². The second-order valence-corrected chi connectivity index (χ2v) is 6.31. The first-order valence-corrected chi connectivity index (χ1v) is 8.96. The monoisotopic (exact) mass is 365 g/mol. The Hall–Kier alpha value is -3.08. The van der Waals surface area contributed by atoms with Crippen LogP contribution in [0.3, 0.4) is 0 Å². The van der Waals surface area contributed by atoms with Gasteiger partial charge in [0.15, 0.2) is 6.04 Å².